The van der Waals surface area contributed by atoms with Crippen LogP contribution in [-0.4, -0.2) is 34.7 Å². The Morgan fingerprint density at radius 1 is 1.42 bits per heavy atom. The Bertz CT molecular complexity index is 781. The SMILES string of the molecule is COc1ccc(Br)cc1CN(C)C(=O)/C=C/c1c(C)nn(C)c1C. The minimum absolute atomic E-state index is 0.0697. The monoisotopic (exact) mass is 391 g/mol. The Hall–Kier alpha value is -2.08. The first-order valence-corrected chi connectivity index (χ1v) is 8.38. The van der Waals surface area contributed by atoms with Gasteiger partial charge in [0.2, 0.25) is 5.91 Å². The van der Waals surface area contributed by atoms with Crippen LogP contribution < -0.4 is 4.74 Å². The van der Waals surface area contributed by atoms with Crippen LogP contribution in [0.5, 0.6) is 5.75 Å². The molecule has 0 unspecified atom stereocenters. The third-order valence-corrected chi connectivity index (χ3v) is 4.48. The van der Waals surface area contributed by atoms with Gasteiger partial charge in [-0.1, -0.05) is 15.9 Å². The maximum Gasteiger partial charge on any atom is 0.246 e. The van der Waals surface area contributed by atoms with Crippen LogP contribution >= 0.6 is 15.9 Å². The van der Waals surface area contributed by atoms with E-state index in [1.54, 1.807) is 25.1 Å². The van der Waals surface area contributed by atoms with Crippen molar-refractivity contribution in [2.75, 3.05) is 14.2 Å². The third kappa shape index (κ3) is 4.06. The smallest absolute Gasteiger partial charge is 0.246 e. The van der Waals surface area contributed by atoms with Gasteiger partial charge in [0.15, 0.2) is 0 Å². The molecule has 5 nitrogen and oxygen atoms in total. The molecule has 0 spiro atoms. The highest BCUT2D eigenvalue weighted by atomic mass is 79.9. The number of methoxy groups -OCH3 is 1. The van der Waals surface area contributed by atoms with Crippen molar-refractivity contribution in [2.45, 2.75) is 20.4 Å². The molecule has 0 aliphatic rings. The molecule has 1 heterocycles. The summed E-state index contributed by atoms with van der Waals surface area (Å²) in [6, 6.07) is 5.76. The van der Waals surface area contributed by atoms with Crippen LogP contribution in [0.4, 0.5) is 0 Å². The molecule has 1 amide bonds. The van der Waals surface area contributed by atoms with Gasteiger partial charge in [-0.15, -0.1) is 0 Å². The van der Waals surface area contributed by atoms with Gasteiger partial charge in [-0.05, 0) is 38.1 Å². The van der Waals surface area contributed by atoms with Gasteiger partial charge in [0.1, 0.15) is 5.75 Å². The molecule has 0 saturated heterocycles. The van der Waals surface area contributed by atoms with Crippen molar-refractivity contribution in [3.63, 3.8) is 0 Å². The zero-order chi connectivity index (χ0) is 17.9. The number of likely N-dealkylation sites (N-methyl/N-ethyl adjacent to an activating group) is 1. The molecular formula is C18H22BrN3O2. The fourth-order valence-corrected chi connectivity index (χ4v) is 2.93. The number of halogens is 1. The number of amides is 1. The molecule has 0 fully saturated rings. The van der Waals surface area contributed by atoms with Crippen LogP contribution in [0.1, 0.15) is 22.5 Å². The number of hydrogen-bond donors (Lipinski definition) is 0. The van der Waals surface area contributed by atoms with Crippen molar-refractivity contribution in [1.29, 1.82) is 0 Å². The quantitative estimate of drug-likeness (QED) is 0.732. The molecule has 0 N–H and O–H groups in total. The van der Waals surface area contributed by atoms with Gasteiger partial charge < -0.3 is 9.64 Å². The fourth-order valence-electron chi connectivity index (χ4n) is 2.52. The highest BCUT2D eigenvalue weighted by Crippen LogP contribution is 2.24. The largest absolute Gasteiger partial charge is 0.496 e. The Morgan fingerprint density at radius 3 is 2.71 bits per heavy atom. The first-order valence-electron chi connectivity index (χ1n) is 7.59. The summed E-state index contributed by atoms with van der Waals surface area (Å²) in [5.41, 5.74) is 3.88. The minimum atomic E-state index is -0.0697. The molecule has 0 saturated carbocycles. The molecule has 1 aromatic carbocycles. The first kappa shape index (κ1) is 18.3. The number of ether oxygens (including phenoxy) is 1. The van der Waals surface area contributed by atoms with E-state index in [1.807, 2.05) is 49.9 Å². The molecule has 0 aliphatic carbocycles. The van der Waals surface area contributed by atoms with Gasteiger partial charge in [-0.2, -0.15) is 5.10 Å². The lowest BCUT2D eigenvalue weighted by molar-refractivity contribution is -0.125. The van der Waals surface area contributed by atoms with E-state index in [0.29, 0.717) is 6.54 Å². The van der Waals surface area contributed by atoms with E-state index in [2.05, 4.69) is 21.0 Å². The number of carbonyl (C=O) groups is 1. The zero-order valence-electron chi connectivity index (χ0n) is 14.6. The lowest BCUT2D eigenvalue weighted by Crippen LogP contribution is -2.24. The summed E-state index contributed by atoms with van der Waals surface area (Å²) in [6.45, 7) is 4.39. The summed E-state index contributed by atoms with van der Waals surface area (Å²) in [5.74, 6) is 0.695. The Morgan fingerprint density at radius 2 is 2.12 bits per heavy atom. The summed E-state index contributed by atoms with van der Waals surface area (Å²) in [6.07, 6.45) is 3.41. The van der Waals surface area contributed by atoms with Crippen molar-refractivity contribution in [1.82, 2.24) is 14.7 Å². The topological polar surface area (TPSA) is 47.4 Å². The van der Waals surface area contributed by atoms with Gasteiger partial charge in [0.25, 0.3) is 0 Å². The number of rotatable bonds is 5. The highest BCUT2D eigenvalue weighted by molar-refractivity contribution is 9.10. The molecule has 6 heteroatoms. The van der Waals surface area contributed by atoms with Gasteiger partial charge in [0.05, 0.1) is 12.8 Å². The number of hydrogen-bond acceptors (Lipinski definition) is 3. The normalized spacial score (nSPS) is 11.1. The lowest BCUT2D eigenvalue weighted by Gasteiger charge is -2.17. The number of aromatic nitrogens is 2. The summed E-state index contributed by atoms with van der Waals surface area (Å²) in [5, 5.41) is 4.35. The number of aryl methyl sites for hydroxylation is 2. The second-order valence-corrected chi connectivity index (χ2v) is 6.61. The maximum absolute atomic E-state index is 12.4. The third-order valence-electron chi connectivity index (χ3n) is 3.98. The van der Waals surface area contributed by atoms with Crippen LogP contribution in [-0.2, 0) is 18.4 Å². The predicted molar refractivity (Wildman–Crippen MR) is 98.9 cm³/mol. The van der Waals surface area contributed by atoms with Crippen LogP contribution in [0.3, 0.4) is 0 Å². The summed E-state index contributed by atoms with van der Waals surface area (Å²) >= 11 is 3.45. The Balaban J connectivity index is 2.13. The van der Waals surface area contributed by atoms with E-state index in [-0.39, 0.29) is 5.91 Å². The molecule has 0 radical (unpaired) electrons. The Labute approximate surface area is 151 Å². The molecule has 128 valence electrons. The van der Waals surface area contributed by atoms with Crippen molar-refractivity contribution in [3.05, 3.63) is 51.3 Å². The van der Waals surface area contributed by atoms with Gasteiger partial charge in [-0.3, -0.25) is 9.48 Å². The van der Waals surface area contributed by atoms with E-state index in [0.717, 1.165) is 32.7 Å². The van der Waals surface area contributed by atoms with E-state index in [1.165, 1.54) is 0 Å². The highest BCUT2D eigenvalue weighted by Gasteiger charge is 2.12. The van der Waals surface area contributed by atoms with E-state index in [9.17, 15) is 4.79 Å². The van der Waals surface area contributed by atoms with Crippen LogP contribution in [0.2, 0.25) is 0 Å². The summed E-state index contributed by atoms with van der Waals surface area (Å²) in [7, 11) is 5.30. The van der Waals surface area contributed by atoms with Crippen molar-refractivity contribution in [2.24, 2.45) is 7.05 Å². The minimum Gasteiger partial charge on any atom is -0.496 e. The maximum atomic E-state index is 12.4. The van der Waals surface area contributed by atoms with Crippen molar-refractivity contribution >= 4 is 27.9 Å². The van der Waals surface area contributed by atoms with Gasteiger partial charge in [-0.25, -0.2) is 0 Å². The standard InChI is InChI=1S/C18H22BrN3O2/c1-12-16(13(2)22(4)20-12)7-9-18(23)21(3)11-14-10-15(19)6-8-17(14)24-5/h6-10H,11H2,1-5H3/b9-7+. The van der Waals surface area contributed by atoms with Crippen LogP contribution in [0.25, 0.3) is 6.08 Å². The molecular weight excluding hydrogens is 370 g/mol. The lowest BCUT2D eigenvalue weighted by atomic mass is 10.1. The molecule has 1 aromatic heterocycles. The summed E-state index contributed by atoms with van der Waals surface area (Å²) in [4.78, 5) is 14.0. The molecule has 0 atom stereocenters. The second kappa shape index (κ2) is 7.66. The fraction of sp³-hybridized carbons (Fsp3) is 0.333. The Kier molecular flexibility index (Phi) is 5.83. The van der Waals surface area contributed by atoms with Gasteiger partial charge in [0, 0.05) is 48.0 Å². The first-order chi connectivity index (χ1) is 11.3. The molecule has 2 rings (SSSR count). The number of nitrogens with zero attached hydrogens (tertiary/aromatic N) is 3. The molecule has 2 aromatic rings. The van der Waals surface area contributed by atoms with Gasteiger partial charge >= 0.3 is 0 Å². The van der Waals surface area contributed by atoms with E-state index >= 15 is 0 Å². The second-order valence-electron chi connectivity index (χ2n) is 5.69. The van der Waals surface area contributed by atoms with E-state index < -0.39 is 0 Å². The van der Waals surface area contributed by atoms with Crippen LogP contribution in [0.15, 0.2) is 28.7 Å². The molecule has 0 aliphatic heterocycles. The van der Waals surface area contributed by atoms with E-state index in [4.69, 9.17) is 4.74 Å². The van der Waals surface area contributed by atoms with Crippen molar-refractivity contribution < 1.29 is 9.53 Å². The molecule has 0 bridgehead atoms. The predicted octanol–water partition coefficient (Wildman–Crippen LogP) is 3.48. The number of carbonyl (C=O) groups excluding carboxylic acids is 1. The number of benzene rings is 1. The van der Waals surface area contributed by atoms with Crippen molar-refractivity contribution in [3.8, 4) is 5.75 Å². The average molecular weight is 392 g/mol. The zero-order valence-corrected chi connectivity index (χ0v) is 16.2. The molecule has 24 heavy (non-hydrogen) atoms. The van der Waals surface area contributed by atoms with Crippen LogP contribution in [0, 0.1) is 13.8 Å². The summed E-state index contributed by atoms with van der Waals surface area (Å²) < 4.78 is 8.13. The average Bonchev–Trinajstić information content (AvgIpc) is 2.78.